The summed E-state index contributed by atoms with van der Waals surface area (Å²) in [4.78, 5) is 4.60. The Morgan fingerprint density at radius 2 is 2.29 bits per heavy atom. The smallest absolute Gasteiger partial charge is 0.122 e. The number of isothiocyanates is 1. The maximum absolute atomic E-state index is 4.60. The Kier molecular flexibility index (Phi) is 3.56. The topological polar surface area (TPSA) is 21.6 Å². The van der Waals surface area contributed by atoms with Crippen LogP contribution in [-0.2, 0) is 4.84 Å². The van der Waals surface area contributed by atoms with Gasteiger partial charge in [0.1, 0.15) is 11.3 Å². The highest BCUT2D eigenvalue weighted by Gasteiger charge is 1.84. The third-order valence-electron chi connectivity index (χ3n) is 0.301. The summed E-state index contributed by atoms with van der Waals surface area (Å²) < 4.78 is 0. The van der Waals surface area contributed by atoms with Gasteiger partial charge in [-0.3, -0.25) is 0 Å². The zero-order chi connectivity index (χ0) is 5.70. The Balaban J connectivity index is 3.13. The third-order valence-corrected chi connectivity index (χ3v) is 0.375. The molecular formula is C4H7NOS. The van der Waals surface area contributed by atoms with E-state index in [1.54, 1.807) is 0 Å². The van der Waals surface area contributed by atoms with Crippen LogP contribution in [0.5, 0.6) is 0 Å². The number of hydrogen-bond acceptors (Lipinski definition) is 3. The van der Waals surface area contributed by atoms with E-state index in [-0.39, 0.29) is 6.10 Å². The summed E-state index contributed by atoms with van der Waals surface area (Å²) in [7, 11) is 0. The molecule has 0 N–H and O–H groups in total. The molecule has 0 aromatic rings. The normalized spacial score (nSPS) is 7.86. The van der Waals surface area contributed by atoms with E-state index in [2.05, 4.69) is 27.4 Å². The fourth-order valence-electron chi connectivity index (χ4n) is 0.127. The molecule has 7 heavy (non-hydrogen) atoms. The molecule has 0 spiro atoms. The zero-order valence-corrected chi connectivity index (χ0v) is 5.16. The van der Waals surface area contributed by atoms with Crippen molar-refractivity contribution in [3.05, 3.63) is 0 Å². The molecule has 0 rings (SSSR count). The van der Waals surface area contributed by atoms with E-state index in [1.807, 2.05) is 13.8 Å². The molecule has 0 bridgehead atoms. The van der Waals surface area contributed by atoms with Crippen molar-refractivity contribution >= 4 is 17.4 Å². The first-order valence-corrected chi connectivity index (χ1v) is 2.41. The van der Waals surface area contributed by atoms with E-state index >= 15 is 0 Å². The largest absolute Gasteiger partial charge is 0.385 e. The molecule has 0 amide bonds. The number of thiocarbonyl (C=S) groups is 1. The van der Waals surface area contributed by atoms with E-state index in [9.17, 15) is 0 Å². The molecule has 40 valence electrons. The average Bonchev–Trinajstić information content (AvgIpc) is 1.61. The Bertz CT molecular complexity index is 85.7. The molecule has 0 heterocycles. The molecule has 3 heteroatoms. The maximum atomic E-state index is 4.60. The SMILES string of the molecule is CC(C)ON=C=S. The van der Waals surface area contributed by atoms with Crippen molar-refractivity contribution in [2.75, 3.05) is 0 Å². The molecule has 0 fully saturated rings. The third kappa shape index (κ3) is 5.60. The van der Waals surface area contributed by atoms with Gasteiger partial charge in [0.05, 0.1) is 0 Å². The number of rotatable bonds is 2. The fourth-order valence-corrected chi connectivity index (χ4v) is 0.170. The van der Waals surface area contributed by atoms with Crippen LogP contribution >= 0.6 is 12.2 Å². The van der Waals surface area contributed by atoms with Crippen molar-refractivity contribution in [3.8, 4) is 0 Å². The van der Waals surface area contributed by atoms with Crippen LogP contribution in [0.25, 0.3) is 0 Å². The van der Waals surface area contributed by atoms with Gasteiger partial charge in [-0.15, -0.1) is 0 Å². The van der Waals surface area contributed by atoms with Crippen LogP contribution in [-0.4, -0.2) is 11.3 Å². The molecule has 0 aromatic heterocycles. The highest BCUT2D eigenvalue weighted by Crippen LogP contribution is 1.84. The van der Waals surface area contributed by atoms with Crippen LogP contribution in [0.15, 0.2) is 5.16 Å². The Morgan fingerprint density at radius 3 is 2.43 bits per heavy atom. The van der Waals surface area contributed by atoms with Crippen LogP contribution in [0.2, 0.25) is 0 Å². The maximum Gasteiger partial charge on any atom is 0.122 e. The van der Waals surface area contributed by atoms with Crippen LogP contribution in [0.1, 0.15) is 13.8 Å². The van der Waals surface area contributed by atoms with Gasteiger partial charge in [-0.25, -0.2) is 0 Å². The second-order valence-electron chi connectivity index (χ2n) is 1.34. The molecule has 0 radical (unpaired) electrons. The monoisotopic (exact) mass is 117 g/mol. The van der Waals surface area contributed by atoms with Gasteiger partial charge in [-0.05, 0) is 31.2 Å². The van der Waals surface area contributed by atoms with Crippen molar-refractivity contribution in [2.24, 2.45) is 5.16 Å². The van der Waals surface area contributed by atoms with Crippen LogP contribution < -0.4 is 0 Å². The molecule has 0 aromatic carbocycles. The van der Waals surface area contributed by atoms with Gasteiger partial charge in [0.25, 0.3) is 0 Å². The van der Waals surface area contributed by atoms with Crippen molar-refractivity contribution in [1.29, 1.82) is 0 Å². The summed E-state index contributed by atoms with van der Waals surface area (Å²) in [5.41, 5.74) is 0. The molecule has 2 nitrogen and oxygen atoms in total. The van der Waals surface area contributed by atoms with Gasteiger partial charge >= 0.3 is 0 Å². The molecule has 0 atom stereocenters. The van der Waals surface area contributed by atoms with Crippen molar-refractivity contribution < 1.29 is 4.84 Å². The molecule has 0 saturated heterocycles. The van der Waals surface area contributed by atoms with Crippen molar-refractivity contribution in [3.63, 3.8) is 0 Å². The lowest BCUT2D eigenvalue weighted by Crippen LogP contribution is -1.93. The van der Waals surface area contributed by atoms with E-state index in [0.717, 1.165) is 0 Å². The van der Waals surface area contributed by atoms with Gasteiger partial charge in [0, 0.05) is 0 Å². The molecule has 0 saturated carbocycles. The lowest BCUT2D eigenvalue weighted by Gasteiger charge is -1.95. The number of hydrogen-bond donors (Lipinski definition) is 0. The minimum Gasteiger partial charge on any atom is -0.385 e. The van der Waals surface area contributed by atoms with Gasteiger partial charge in [-0.1, -0.05) is 0 Å². The van der Waals surface area contributed by atoms with Crippen LogP contribution in [0.3, 0.4) is 0 Å². The van der Waals surface area contributed by atoms with E-state index < -0.39 is 0 Å². The molecule has 0 aliphatic rings. The van der Waals surface area contributed by atoms with E-state index in [4.69, 9.17) is 0 Å². The summed E-state index contributed by atoms with van der Waals surface area (Å²) in [5, 5.41) is 5.32. The standard InChI is InChI=1S/C4H7NOS/c1-4(2)6-5-3-7/h4H,1-2H3. The van der Waals surface area contributed by atoms with E-state index in [1.165, 1.54) is 0 Å². The predicted molar refractivity (Wildman–Crippen MR) is 31.2 cm³/mol. The zero-order valence-electron chi connectivity index (χ0n) is 4.34. The van der Waals surface area contributed by atoms with Gasteiger partial charge < -0.3 is 4.84 Å². The minimum absolute atomic E-state index is 0.107. The van der Waals surface area contributed by atoms with Gasteiger partial charge in [0.15, 0.2) is 0 Å². The second kappa shape index (κ2) is 3.78. The Labute approximate surface area is 48.2 Å². The summed E-state index contributed by atoms with van der Waals surface area (Å²) >= 11 is 4.23. The highest BCUT2D eigenvalue weighted by molar-refractivity contribution is 7.78. The second-order valence-corrected chi connectivity index (χ2v) is 1.52. The lowest BCUT2D eigenvalue weighted by molar-refractivity contribution is 0.0881. The molecule has 0 aliphatic heterocycles. The van der Waals surface area contributed by atoms with Crippen molar-refractivity contribution in [2.45, 2.75) is 20.0 Å². The first kappa shape index (κ1) is 6.60. The lowest BCUT2D eigenvalue weighted by atomic mass is 10.5. The van der Waals surface area contributed by atoms with Gasteiger partial charge in [0.2, 0.25) is 0 Å². The summed E-state index contributed by atoms with van der Waals surface area (Å²) in [6.07, 6.45) is 0.107. The van der Waals surface area contributed by atoms with E-state index in [0.29, 0.717) is 0 Å². The Hall–Kier alpha value is -0.400. The van der Waals surface area contributed by atoms with Crippen LogP contribution in [0.4, 0.5) is 0 Å². The quantitative estimate of drug-likeness (QED) is 0.310. The minimum atomic E-state index is 0.107. The first-order chi connectivity index (χ1) is 3.27. The van der Waals surface area contributed by atoms with Gasteiger partial charge in [-0.2, -0.15) is 0 Å². The molecule has 0 unspecified atom stereocenters. The molecular weight excluding hydrogens is 110 g/mol. The first-order valence-electron chi connectivity index (χ1n) is 2.00. The highest BCUT2D eigenvalue weighted by atomic mass is 32.1. The number of nitrogens with zero attached hydrogens (tertiary/aromatic N) is 1. The summed E-state index contributed by atoms with van der Waals surface area (Å²) in [5.74, 6) is 0. The van der Waals surface area contributed by atoms with Crippen LogP contribution in [0, 0.1) is 0 Å². The molecule has 0 aliphatic carbocycles. The fraction of sp³-hybridized carbons (Fsp3) is 0.750. The summed E-state index contributed by atoms with van der Waals surface area (Å²) in [6, 6.07) is 0. The average molecular weight is 117 g/mol. The summed E-state index contributed by atoms with van der Waals surface area (Å²) in [6.45, 7) is 3.74. The Morgan fingerprint density at radius 1 is 1.71 bits per heavy atom. The van der Waals surface area contributed by atoms with Crippen molar-refractivity contribution in [1.82, 2.24) is 0 Å². The predicted octanol–water partition coefficient (Wildman–Crippen LogP) is 1.43.